The Labute approximate surface area is 177 Å². The number of benzene rings is 1. The summed E-state index contributed by atoms with van der Waals surface area (Å²) in [6.45, 7) is 6.48. The number of halogens is 2. The molecule has 138 valence electrons. The van der Waals surface area contributed by atoms with Crippen LogP contribution in [0.1, 0.15) is 39.2 Å². The highest BCUT2D eigenvalue weighted by molar-refractivity contribution is 14.1. The first-order valence-electron chi connectivity index (χ1n) is 8.80. The van der Waals surface area contributed by atoms with Gasteiger partial charge in [-0.05, 0) is 61.0 Å². The minimum absolute atomic E-state index is 0.189. The summed E-state index contributed by atoms with van der Waals surface area (Å²) in [7, 11) is 0. The monoisotopic (exact) mass is 526 g/mol. The summed E-state index contributed by atoms with van der Waals surface area (Å²) in [4.78, 5) is 9.11. The van der Waals surface area contributed by atoms with Crippen molar-refractivity contribution >= 4 is 50.3 Å². The smallest absolute Gasteiger partial charge is 0.225 e. The van der Waals surface area contributed by atoms with Crippen LogP contribution in [0.3, 0.4) is 0 Å². The van der Waals surface area contributed by atoms with Crippen LogP contribution < -0.4 is 10.6 Å². The van der Waals surface area contributed by atoms with E-state index in [4.69, 9.17) is 0 Å². The predicted octanol–water partition coefficient (Wildman–Crippen LogP) is 6.12. The Morgan fingerprint density at radius 2 is 2.00 bits per heavy atom. The van der Waals surface area contributed by atoms with E-state index in [1.165, 1.54) is 24.0 Å². The predicted molar refractivity (Wildman–Crippen MR) is 121 cm³/mol. The highest BCUT2D eigenvalue weighted by Gasteiger charge is 2.24. The fraction of sp³-hybridized carbons (Fsp3) is 0.400. The Kier molecular flexibility index (Phi) is 6.22. The lowest BCUT2D eigenvalue weighted by Crippen LogP contribution is -2.29. The van der Waals surface area contributed by atoms with E-state index in [0.717, 1.165) is 16.2 Å². The van der Waals surface area contributed by atoms with Crippen LogP contribution in [0.4, 0.5) is 11.8 Å². The van der Waals surface area contributed by atoms with Gasteiger partial charge in [-0.1, -0.05) is 64.6 Å². The Morgan fingerprint density at radius 3 is 2.65 bits per heavy atom. The number of allylic oxidation sites excluding steroid dienone is 1. The zero-order valence-electron chi connectivity index (χ0n) is 15.3. The van der Waals surface area contributed by atoms with Crippen LogP contribution in [0, 0.1) is 5.92 Å². The number of nitrogens with one attached hydrogen (secondary N) is 2. The summed E-state index contributed by atoms with van der Waals surface area (Å²) >= 11 is 5.95. The largest absolute Gasteiger partial charge is 0.354 e. The summed E-state index contributed by atoms with van der Waals surface area (Å²) in [6, 6.07) is 10.3. The molecule has 1 fully saturated rings. The van der Waals surface area contributed by atoms with Gasteiger partial charge in [0, 0.05) is 6.20 Å². The second kappa shape index (κ2) is 8.25. The fourth-order valence-electron chi connectivity index (χ4n) is 2.81. The summed E-state index contributed by atoms with van der Waals surface area (Å²) in [6.07, 6.45) is 6.73. The van der Waals surface area contributed by atoms with E-state index < -0.39 is 0 Å². The van der Waals surface area contributed by atoms with Crippen molar-refractivity contribution in [1.29, 1.82) is 0 Å². The standard InChI is InChI=1S/C20H24BrIN4/c1-13(14-9-10-14)11-17(22)24-18-16(21)12-23-19(25-18)26-20(2,3)15-7-5-4-6-8-15/h4-8,11-12,14,17H,9-10H2,1-3H3,(H2,23,24,25,26)/b13-11+. The molecule has 6 heteroatoms. The molecule has 1 aliphatic rings. The highest BCUT2D eigenvalue weighted by Crippen LogP contribution is 2.36. The van der Waals surface area contributed by atoms with Gasteiger partial charge < -0.3 is 10.6 Å². The molecule has 1 unspecified atom stereocenters. The van der Waals surface area contributed by atoms with Crippen molar-refractivity contribution in [2.75, 3.05) is 10.6 Å². The SMILES string of the molecule is C/C(=C\C(I)Nc1nc(NC(C)(C)c2ccccc2)ncc1Br)C1CC1. The van der Waals surface area contributed by atoms with Gasteiger partial charge in [0.25, 0.3) is 0 Å². The van der Waals surface area contributed by atoms with Crippen LogP contribution in [0.5, 0.6) is 0 Å². The molecular formula is C20H24BrIN4. The highest BCUT2D eigenvalue weighted by atomic mass is 127. The van der Waals surface area contributed by atoms with E-state index in [0.29, 0.717) is 5.95 Å². The average molecular weight is 527 g/mol. The lowest BCUT2D eigenvalue weighted by molar-refractivity contribution is 0.602. The van der Waals surface area contributed by atoms with Crippen LogP contribution in [0.2, 0.25) is 0 Å². The maximum Gasteiger partial charge on any atom is 0.225 e. The number of hydrogen-bond donors (Lipinski definition) is 2. The number of anilines is 2. The van der Waals surface area contributed by atoms with E-state index >= 15 is 0 Å². The zero-order chi connectivity index (χ0) is 18.7. The molecule has 0 amide bonds. The fourth-order valence-corrected chi connectivity index (χ4v) is 3.98. The Balaban J connectivity index is 1.74. The molecule has 1 saturated carbocycles. The van der Waals surface area contributed by atoms with Gasteiger partial charge in [0.05, 0.1) is 14.1 Å². The van der Waals surface area contributed by atoms with Crippen molar-refractivity contribution in [2.24, 2.45) is 5.92 Å². The lowest BCUT2D eigenvalue weighted by atomic mass is 9.95. The molecule has 1 atom stereocenters. The van der Waals surface area contributed by atoms with Gasteiger partial charge in [0.1, 0.15) is 5.82 Å². The van der Waals surface area contributed by atoms with Gasteiger partial charge in [-0.3, -0.25) is 0 Å². The van der Waals surface area contributed by atoms with E-state index in [9.17, 15) is 0 Å². The van der Waals surface area contributed by atoms with Gasteiger partial charge in [0.2, 0.25) is 5.95 Å². The van der Waals surface area contributed by atoms with Gasteiger partial charge in [0.15, 0.2) is 0 Å². The summed E-state index contributed by atoms with van der Waals surface area (Å²) < 4.78 is 1.05. The van der Waals surface area contributed by atoms with E-state index in [1.54, 1.807) is 6.20 Å². The zero-order valence-corrected chi connectivity index (χ0v) is 19.0. The van der Waals surface area contributed by atoms with Gasteiger partial charge in [-0.2, -0.15) is 4.98 Å². The van der Waals surface area contributed by atoms with Crippen LogP contribution in [-0.2, 0) is 5.54 Å². The number of alkyl halides is 1. The second-order valence-electron chi connectivity index (χ2n) is 7.24. The topological polar surface area (TPSA) is 49.8 Å². The van der Waals surface area contributed by atoms with E-state index in [1.807, 2.05) is 18.2 Å². The van der Waals surface area contributed by atoms with Crippen LogP contribution >= 0.6 is 38.5 Å². The number of nitrogens with zero attached hydrogens (tertiary/aromatic N) is 2. The third-order valence-electron chi connectivity index (χ3n) is 4.57. The molecule has 0 radical (unpaired) electrons. The number of rotatable bonds is 7. The van der Waals surface area contributed by atoms with Crippen LogP contribution in [0.15, 0.2) is 52.7 Å². The number of aromatic nitrogens is 2. The molecule has 2 aromatic rings. The molecule has 26 heavy (non-hydrogen) atoms. The molecular weight excluding hydrogens is 503 g/mol. The molecule has 4 nitrogen and oxygen atoms in total. The molecule has 1 heterocycles. The first-order chi connectivity index (χ1) is 12.3. The average Bonchev–Trinajstić information content (AvgIpc) is 3.43. The maximum atomic E-state index is 4.68. The van der Waals surface area contributed by atoms with E-state index in [-0.39, 0.29) is 9.59 Å². The molecule has 1 aliphatic carbocycles. The summed E-state index contributed by atoms with van der Waals surface area (Å²) in [5, 5.41) is 6.91. The molecule has 0 aliphatic heterocycles. The van der Waals surface area contributed by atoms with Crippen LogP contribution in [0.25, 0.3) is 0 Å². The summed E-state index contributed by atoms with van der Waals surface area (Å²) in [5.74, 6) is 2.19. The molecule has 0 spiro atoms. The molecule has 0 saturated heterocycles. The Morgan fingerprint density at radius 1 is 1.31 bits per heavy atom. The van der Waals surface area contributed by atoms with Crippen molar-refractivity contribution in [3.8, 4) is 0 Å². The van der Waals surface area contributed by atoms with Gasteiger partial charge in [-0.15, -0.1) is 0 Å². The molecule has 3 rings (SSSR count). The molecule has 0 bridgehead atoms. The third kappa shape index (κ3) is 5.19. The molecule has 1 aromatic carbocycles. The number of hydrogen-bond acceptors (Lipinski definition) is 4. The van der Waals surface area contributed by atoms with Gasteiger partial charge in [-0.25, -0.2) is 4.98 Å². The lowest BCUT2D eigenvalue weighted by Gasteiger charge is -2.27. The molecule has 1 aromatic heterocycles. The van der Waals surface area contributed by atoms with Crippen LogP contribution in [-0.4, -0.2) is 14.0 Å². The second-order valence-corrected chi connectivity index (χ2v) is 9.43. The minimum Gasteiger partial charge on any atom is -0.354 e. The van der Waals surface area contributed by atoms with Crippen molar-refractivity contribution in [3.05, 3.63) is 58.2 Å². The summed E-state index contributed by atoms with van der Waals surface area (Å²) in [5.41, 5.74) is 2.39. The van der Waals surface area contributed by atoms with E-state index in [2.05, 4.69) is 98.1 Å². The minimum atomic E-state index is -0.265. The van der Waals surface area contributed by atoms with Gasteiger partial charge >= 0.3 is 0 Å². The van der Waals surface area contributed by atoms with Crippen molar-refractivity contribution in [3.63, 3.8) is 0 Å². The molecule has 2 N–H and O–H groups in total. The quantitative estimate of drug-likeness (QED) is 0.197. The Bertz CT molecular complexity index is 788. The first-order valence-corrected chi connectivity index (χ1v) is 10.8. The van der Waals surface area contributed by atoms with Crippen molar-refractivity contribution in [2.45, 2.75) is 43.2 Å². The van der Waals surface area contributed by atoms with Crippen molar-refractivity contribution in [1.82, 2.24) is 9.97 Å². The first kappa shape index (κ1) is 19.6. The Hall–Kier alpha value is -1.15. The normalized spacial score (nSPS) is 16.3. The van der Waals surface area contributed by atoms with Crippen molar-refractivity contribution < 1.29 is 0 Å². The third-order valence-corrected chi connectivity index (χ3v) is 5.82. The maximum absolute atomic E-state index is 4.68.